The van der Waals surface area contributed by atoms with Crippen LogP contribution in [0.3, 0.4) is 0 Å². The molecule has 0 saturated carbocycles. The smallest absolute Gasteiger partial charge is 0.0594 e. The van der Waals surface area contributed by atoms with Gasteiger partial charge in [0.15, 0.2) is 0 Å². The first-order valence-electron chi connectivity index (χ1n) is 7.19. The average Bonchev–Trinajstić information content (AvgIpc) is 2.45. The maximum atomic E-state index is 6.53. The van der Waals surface area contributed by atoms with E-state index in [2.05, 4.69) is 68.6 Å². The molecule has 0 aliphatic heterocycles. The second kappa shape index (κ2) is 6.92. The van der Waals surface area contributed by atoms with Crippen LogP contribution in [0, 0.1) is 13.8 Å². The van der Waals surface area contributed by atoms with Gasteiger partial charge in [0, 0.05) is 5.02 Å². The quantitative estimate of drug-likeness (QED) is 0.812. The van der Waals surface area contributed by atoms with Crippen LogP contribution in [-0.4, -0.2) is 6.54 Å². The highest BCUT2D eigenvalue weighted by Crippen LogP contribution is 2.31. The molecule has 0 bridgehead atoms. The predicted octanol–water partition coefficient (Wildman–Crippen LogP) is 5.05. The van der Waals surface area contributed by atoms with Crippen molar-refractivity contribution < 1.29 is 0 Å². The van der Waals surface area contributed by atoms with Crippen molar-refractivity contribution in [3.63, 3.8) is 0 Å². The molecule has 2 aromatic rings. The number of benzene rings is 2. The topological polar surface area (TPSA) is 12.0 Å². The molecular weight excluding hydrogens is 266 g/mol. The van der Waals surface area contributed by atoms with E-state index in [9.17, 15) is 0 Å². The molecule has 20 heavy (non-hydrogen) atoms. The highest BCUT2D eigenvalue weighted by Gasteiger charge is 2.18. The summed E-state index contributed by atoms with van der Waals surface area (Å²) in [5, 5.41) is 4.49. The zero-order valence-corrected chi connectivity index (χ0v) is 13.2. The number of rotatable bonds is 5. The van der Waals surface area contributed by atoms with Crippen LogP contribution in [0.5, 0.6) is 0 Å². The lowest BCUT2D eigenvalue weighted by atomic mass is 9.94. The molecular formula is C18H22ClN. The lowest BCUT2D eigenvalue weighted by Crippen LogP contribution is -2.24. The van der Waals surface area contributed by atoms with E-state index in [1.54, 1.807) is 0 Å². The van der Waals surface area contributed by atoms with Gasteiger partial charge in [-0.25, -0.2) is 0 Å². The van der Waals surface area contributed by atoms with Crippen LogP contribution in [0.4, 0.5) is 0 Å². The van der Waals surface area contributed by atoms with Gasteiger partial charge in [-0.2, -0.15) is 0 Å². The van der Waals surface area contributed by atoms with Gasteiger partial charge in [-0.05, 0) is 49.1 Å². The largest absolute Gasteiger partial charge is 0.306 e. The molecule has 1 N–H and O–H groups in total. The molecule has 2 heteroatoms. The van der Waals surface area contributed by atoms with E-state index in [1.165, 1.54) is 11.1 Å². The van der Waals surface area contributed by atoms with E-state index in [0.717, 1.165) is 29.1 Å². The summed E-state index contributed by atoms with van der Waals surface area (Å²) in [6.07, 6.45) is 1.10. The van der Waals surface area contributed by atoms with Gasteiger partial charge in [0.05, 0.1) is 6.04 Å². The van der Waals surface area contributed by atoms with Crippen molar-refractivity contribution in [1.82, 2.24) is 5.32 Å². The van der Waals surface area contributed by atoms with Crippen molar-refractivity contribution in [3.8, 4) is 0 Å². The van der Waals surface area contributed by atoms with E-state index in [1.807, 2.05) is 0 Å². The Labute approximate surface area is 127 Å². The molecule has 0 spiro atoms. The van der Waals surface area contributed by atoms with Gasteiger partial charge in [-0.1, -0.05) is 61.0 Å². The Kier molecular flexibility index (Phi) is 5.22. The van der Waals surface area contributed by atoms with Gasteiger partial charge >= 0.3 is 0 Å². The SMILES string of the molecule is CCCNC(c1ccccc1C)c1cccc(C)c1Cl. The molecule has 0 saturated heterocycles. The van der Waals surface area contributed by atoms with Gasteiger partial charge in [-0.3, -0.25) is 0 Å². The molecule has 0 amide bonds. The summed E-state index contributed by atoms with van der Waals surface area (Å²) in [5.74, 6) is 0. The summed E-state index contributed by atoms with van der Waals surface area (Å²) in [6.45, 7) is 7.36. The highest BCUT2D eigenvalue weighted by atomic mass is 35.5. The monoisotopic (exact) mass is 287 g/mol. The third kappa shape index (κ3) is 3.23. The number of aryl methyl sites for hydroxylation is 2. The average molecular weight is 288 g/mol. The van der Waals surface area contributed by atoms with E-state index in [0.29, 0.717) is 0 Å². The maximum absolute atomic E-state index is 6.53. The standard InChI is InChI=1S/C18H22ClN/c1-4-12-20-18(15-10-6-5-8-13(15)2)16-11-7-9-14(3)17(16)19/h5-11,18,20H,4,12H2,1-3H3. The summed E-state index contributed by atoms with van der Waals surface area (Å²) in [5.41, 5.74) is 4.88. The number of halogens is 1. The van der Waals surface area contributed by atoms with E-state index in [-0.39, 0.29) is 6.04 Å². The van der Waals surface area contributed by atoms with Gasteiger partial charge < -0.3 is 5.32 Å². The van der Waals surface area contributed by atoms with Crippen LogP contribution in [0.2, 0.25) is 5.02 Å². The molecule has 0 aromatic heterocycles. The third-order valence-electron chi connectivity index (χ3n) is 3.63. The number of hydrogen-bond acceptors (Lipinski definition) is 1. The first-order chi connectivity index (χ1) is 9.65. The zero-order valence-electron chi connectivity index (χ0n) is 12.4. The Balaban J connectivity index is 2.47. The first-order valence-corrected chi connectivity index (χ1v) is 7.56. The van der Waals surface area contributed by atoms with Gasteiger partial charge in [-0.15, -0.1) is 0 Å². The maximum Gasteiger partial charge on any atom is 0.0594 e. The summed E-state index contributed by atoms with van der Waals surface area (Å²) >= 11 is 6.53. The van der Waals surface area contributed by atoms with Crippen molar-refractivity contribution in [2.45, 2.75) is 33.2 Å². The zero-order chi connectivity index (χ0) is 14.5. The van der Waals surface area contributed by atoms with Crippen LogP contribution in [0.1, 0.15) is 41.6 Å². The molecule has 1 nitrogen and oxygen atoms in total. The number of hydrogen-bond donors (Lipinski definition) is 1. The Bertz CT molecular complexity index is 577. The fourth-order valence-electron chi connectivity index (χ4n) is 2.48. The third-order valence-corrected chi connectivity index (χ3v) is 4.15. The molecule has 2 rings (SSSR count). The van der Waals surface area contributed by atoms with Crippen molar-refractivity contribution in [2.24, 2.45) is 0 Å². The van der Waals surface area contributed by atoms with Crippen molar-refractivity contribution in [2.75, 3.05) is 6.54 Å². The Morgan fingerprint density at radius 2 is 1.60 bits per heavy atom. The summed E-state index contributed by atoms with van der Waals surface area (Å²) in [4.78, 5) is 0. The van der Waals surface area contributed by atoms with Gasteiger partial charge in [0.1, 0.15) is 0 Å². The minimum absolute atomic E-state index is 0.156. The second-order valence-electron chi connectivity index (χ2n) is 5.22. The minimum atomic E-state index is 0.156. The van der Waals surface area contributed by atoms with Gasteiger partial charge in [0.25, 0.3) is 0 Å². The van der Waals surface area contributed by atoms with Crippen LogP contribution in [0.25, 0.3) is 0 Å². The summed E-state index contributed by atoms with van der Waals surface area (Å²) < 4.78 is 0. The fraction of sp³-hybridized carbons (Fsp3) is 0.333. The molecule has 0 aliphatic carbocycles. The lowest BCUT2D eigenvalue weighted by molar-refractivity contribution is 0.596. The van der Waals surface area contributed by atoms with Crippen molar-refractivity contribution >= 4 is 11.6 Å². The fourth-order valence-corrected chi connectivity index (χ4v) is 2.71. The molecule has 0 aliphatic rings. The minimum Gasteiger partial charge on any atom is -0.306 e. The molecule has 1 atom stereocenters. The molecule has 106 valence electrons. The Morgan fingerprint density at radius 1 is 0.950 bits per heavy atom. The van der Waals surface area contributed by atoms with E-state index in [4.69, 9.17) is 11.6 Å². The van der Waals surface area contributed by atoms with Crippen molar-refractivity contribution in [1.29, 1.82) is 0 Å². The lowest BCUT2D eigenvalue weighted by Gasteiger charge is -2.23. The van der Waals surface area contributed by atoms with Crippen LogP contribution < -0.4 is 5.32 Å². The molecule has 1 unspecified atom stereocenters. The van der Waals surface area contributed by atoms with Gasteiger partial charge in [0.2, 0.25) is 0 Å². The number of nitrogens with one attached hydrogen (secondary N) is 1. The molecule has 0 heterocycles. The van der Waals surface area contributed by atoms with E-state index < -0.39 is 0 Å². The van der Waals surface area contributed by atoms with Crippen LogP contribution in [0.15, 0.2) is 42.5 Å². The highest BCUT2D eigenvalue weighted by molar-refractivity contribution is 6.32. The van der Waals surface area contributed by atoms with Crippen LogP contribution in [-0.2, 0) is 0 Å². The van der Waals surface area contributed by atoms with Crippen molar-refractivity contribution in [3.05, 3.63) is 69.7 Å². The summed E-state index contributed by atoms with van der Waals surface area (Å²) in [6, 6.07) is 14.9. The van der Waals surface area contributed by atoms with Crippen LogP contribution >= 0.6 is 11.6 Å². The molecule has 0 fully saturated rings. The second-order valence-corrected chi connectivity index (χ2v) is 5.60. The Morgan fingerprint density at radius 3 is 2.30 bits per heavy atom. The first kappa shape index (κ1) is 15.1. The molecule has 2 aromatic carbocycles. The predicted molar refractivity (Wildman–Crippen MR) is 87.5 cm³/mol. The Hall–Kier alpha value is -1.31. The normalized spacial score (nSPS) is 12.4. The summed E-state index contributed by atoms with van der Waals surface area (Å²) in [7, 11) is 0. The molecule has 0 radical (unpaired) electrons. The van der Waals surface area contributed by atoms with E-state index >= 15 is 0 Å².